The summed E-state index contributed by atoms with van der Waals surface area (Å²) in [7, 11) is 0. The highest BCUT2D eigenvalue weighted by atomic mass is 16.5. The Hall–Kier alpha value is -1.00. The van der Waals surface area contributed by atoms with Crippen LogP contribution in [0.2, 0.25) is 0 Å². The third kappa shape index (κ3) is 2.04. The Morgan fingerprint density at radius 2 is 1.87 bits per heavy atom. The van der Waals surface area contributed by atoms with Gasteiger partial charge in [-0.2, -0.15) is 0 Å². The van der Waals surface area contributed by atoms with Gasteiger partial charge in [-0.25, -0.2) is 0 Å². The first-order valence-corrected chi connectivity index (χ1v) is 9.24. The van der Waals surface area contributed by atoms with Gasteiger partial charge in [0.1, 0.15) is 0 Å². The zero-order chi connectivity index (χ0) is 16.2. The lowest BCUT2D eigenvalue weighted by molar-refractivity contribution is -0.0818. The summed E-state index contributed by atoms with van der Waals surface area (Å²) >= 11 is 0. The molecule has 4 rings (SSSR count). The number of rotatable bonds is 2. The first kappa shape index (κ1) is 15.5. The van der Waals surface area contributed by atoms with E-state index in [0.29, 0.717) is 17.3 Å². The number of fused-ring (bicyclic) bond motifs is 5. The van der Waals surface area contributed by atoms with Crippen molar-refractivity contribution in [1.82, 2.24) is 11.0 Å². The van der Waals surface area contributed by atoms with Crippen molar-refractivity contribution in [2.45, 2.75) is 58.8 Å². The highest BCUT2D eigenvalue weighted by Gasteiger charge is 2.57. The van der Waals surface area contributed by atoms with Crippen LogP contribution < -0.4 is 11.0 Å². The highest BCUT2D eigenvalue weighted by molar-refractivity contribution is 5.24. The molecule has 0 unspecified atom stereocenters. The lowest BCUT2D eigenvalue weighted by atomic mass is 9.46. The molecule has 0 aromatic heterocycles. The standard InChI is InChI=1S/C19H30N2O2/c1-18-9-7-13(20-22)11-12(18)3-4-14-15-5-6-17(21-23)19(15,2)10-8-16(14)18/h6,11-12,14-16,20-23H,3-5,7-10H2,1-2H3/t12-,14+,15-,16-,18-,19+/m1/s1. The van der Waals surface area contributed by atoms with Crippen molar-refractivity contribution in [2.24, 2.45) is 34.5 Å². The van der Waals surface area contributed by atoms with Crippen molar-refractivity contribution < 1.29 is 10.4 Å². The van der Waals surface area contributed by atoms with Crippen molar-refractivity contribution in [3.8, 4) is 0 Å². The maximum absolute atomic E-state index is 9.50. The highest BCUT2D eigenvalue weighted by Crippen LogP contribution is 2.65. The Balaban J connectivity index is 1.62. The fraction of sp³-hybridized carbons (Fsp3) is 0.789. The lowest BCUT2D eigenvalue weighted by Gasteiger charge is -2.59. The molecule has 0 radical (unpaired) electrons. The zero-order valence-electron chi connectivity index (χ0n) is 14.3. The van der Waals surface area contributed by atoms with Crippen LogP contribution in [-0.4, -0.2) is 10.4 Å². The summed E-state index contributed by atoms with van der Waals surface area (Å²) in [5.41, 5.74) is 7.48. The molecule has 0 bridgehead atoms. The topological polar surface area (TPSA) is 64.5 Å². The van der Waals surface area contributed by atoms with Crippen LogP contribution in [0.1, 0.15) is 58.8 Å². The monoisotopic (exact) mass is 318 g/mol. The number of hydroxylamine groups is 2. The van der Waals surface area contributed by atoms with Crippen molar-refractivity contribution in [1.29, 1.82) is 0 Å². The molecule has 4 nitrogen and oxygen atoms in total. The van der Waals surface area contributed by atoms with Crippen LogP contribution in [0, 0.1) is 34.5 Å². The number of allylic oxidation sites excluding steroid dienone is 4. The van der Waals surface area contributed by atoms with Gasteiger partial charge < -0.3 is 0 Å². The smallest absolute Gasteiger partial charge is 0.0398 e. The van der Waals surface area contributed by atoms with Gasteiger partial charge in [0, 0.05) is 16.8 Å². The van der Waals surface area contributed by atoms with Gasteiger partial charge in [-0.1, -0.05) is 26.0 Å². The van der Waals surface area contributed by atoms with Crippen molar-refractivity contribution in [3.63, 3.8) is 0 Å². The van der Waals surface area contributed by atoms with Crippen LogP contribution >= 0.6 is 0 Å². The van der Waals surface area contributed by atoms with Gasteiger partial charge in [0.2, 0.25) is 0 Å². The second-order valence-electron chi connectivity index (χ2n) is 8.79. The molecule has 0 aromatic rings. The fourth-order valence-corrected chi connectivity index (χ4v) is 6.69. The molecular formula is C19H30N2O2. The molecule has 4 heteroatoms. The minimum atomic E-state index is 0.140. The Morgan fingerprint density at radius 1 is 1.04 bits per heavy atom. The van der Waals surface area contributed by atoms with Gasteiger partial charge in [-0.05, 0) is 74.0 Å². The molecular weight excluding hydrogens is 288 g/mol. The predicted octanol–water partition coefficient (Wildman–Crippen LogP) is 3.97. The molecule has 4 aliphatic carbocycles. The van der Waals surface area contributed by atoms with Gasteiger partial charge >= 0.3 is 0 Å². The Labute approximate surface area is 139 Å². The second-order valence-corrected chi connectivity index (χ2v) is 8.79. The molecule has 4 aliphatic rings. The first-order valence-electron chi connectivity index (χ1n) is 9.24. The summed E-state index contributed by atoms with van der Waals surface area (Å²) < 4.78 is 0. The summed E-state index contributed by atoms with van der Waals surface area (Å²) in [5, 5.41) is 18.8. The molecule has 0 spiro atoms. The molecule has 6 atom stereocenters. The summed E-state index contributed by atoms with van der Waals surface area (Å²) in [6.45, 7) is 4.84. The average Bonchev–Trinajstić information content (AvgIpc) is 2.90. The average molecular weight is 318 g/mol. The van der Waals surface area contributed by atoms with Crippen LogP contribution in [0.15, 0.2) is 23.5 Å². The number of hydrogen-bond acceptors (Lipinski definition) is 4. The molecule has 128 valence electrons. The molecule has 0 aliphatic heterocycles. The molecule has 0 saturated heterocycles. The summed E-state index contributed by atoms with van der Waals surface area (Å²) in [5.74, 6) is 2.83. The van der Waals surface area contributed by atoms with E-state index in [2.05, 4.69) is 37.0 Å². The molecule has 0 aromatic carbocycles. The Morgan fingerprint density at radius 3 is 2.61 bits per heavy atom. The van der Waals surface area contributed by atoms with Crippen LogP contribution in [0.5, 0.6) is 0 Å². The minimum absolute atomic E-state index is 0.140. The Kier molecular flexibility index (Phi) is 3.54. The quantitative estimate of drug-likeness (QED) is 0.582. The molecule has 0 amide bonds. The number of hydrogen-bond donors (Lipinski definition) is 4. The third-order valence-electron chi connectivity index (χ3n) is 8.12. The van der Waals surface area contributed by atoms with E-state index in [0.717, 1.165) is 36.1 Å². The van der Waals surface area contributed by atoms with E-state index in [1.807, 2.05) is 0 Å². The van der Waals surface area contributed by atoms with Crippen LogP contribution in [0.25, 0.3) is 0 Å². The van der Waals surface area contributed by atoms with E-state index in [9.17, 15) is 10.4 Å². The van der Waals surface area contributed by atoms with E-state index in [1.54, 1.807) is 0 Å². The zero-order valence-corrected chi connectivity index (χ0v) is 14.3. The Bertz CT molecular complexity index is 558. The molecule has 23 heavy (non-hydrogen) atoms. The second kappa shape index (κ2) is 5.25. The van der Waals surface area contributed by atoms with Crippen LogP contribution in [0.4, 0.5) is 0 Å². The molecule has 2 saturated carbocycles. The first-order chi connectivity index (χ1) is 11.0. The minimum Gasteiger partial charge on any atom is -0.291 e. The lowest BCUT2D eigenvalue weighted by Crippen LogP contribution is -2.52. The van der Waals surface area contributed by atoms with Gasteiger partial charge in [-0.3, -0.25) is 21.4 Å². The van der Waals surface area contributed by atoms with Crippen molar-refractivity contribution in [3.05, 3.63) is 23.5 Å². The van der Waals surface area contributed by atoms with Crippen molar-refractivity contribution in [2.75, 3.05) is 0 Å². The summed E-state index contributed by atoms with van der Waals surface area (Å²) in [6.07, 6.45) is 12.8. The van der Waals surface area contributed by atoms with Gasteiger partial charge in [0.25, 0.3) is 0 Å². The summed E-state index contributed by atoms with van der Waals surface area (Å²) in [4.78, 5) is 0. The largest absolute Gasteiger partial charge is 0.291 e. The van der Waals surface area contributed by atoms with Gasteiger partial charge in [0.15, 0.2) is 0 Å². The summed E-state index contributed by atoms with van der Waals surface area (Å²) in [6, 6.07) is 0. The molecule has 2 fully saturated rings. The van der Waals surface area contributed by atoms with Gasteiger partial charge in [0.05, 0.1) is 0 Å². The fourth-order valence-electron chi connectivity index (χ4n) is 6.69. The van der Waals surface area contributed by atoms with Crippen LogP contribution in [-0.2, 0) is 0 Å². The van der Waals surface area contributed by atoms with E-state index in [-0.39, 0.29) is 5.41 Å². The third-order valence-corrected chi connectivity index (χ3v) is 8.12. The maximum atomic E-state index is 9.50. The SMILES string of the molecule is C[C@@]12CCC(NO)=C[C@H]1CC[C@@H]1[C@H]2CC[C@]2(C)C(NO)=CC[C@H]12. The predicted molar refractivity (Wildman–Crippen MR) is 88.5 cm³/mol. The molecule has 4 N–H and O–H groups in total. The normalized spacial score (nSPS) is 48.5. The van der Waals surface area contributed by atoms with E-state index >= 15 is 0 Å². The molecule has 0 heterocycles. The number of nitrogens with one attached hydrogen (secondary N) is 2. The van der Waals surface area contributed by atoms with E-state index in [4.69, 9.17) is 0 Å². The van der Waals surface area contributed by atoms with Crippen molar-refractivity contribution >= 4 is 0 Å². The van der Waals surface area contributed by atoms with Crippen LogP contribution in [0.3, 0.4) is 0 Å². The maximum Gasteiger partial charge on any atom is 0.0398 e. The van der Waals surface area contributed by atoms with E-state index in [1.165, 1.54) is 32.1 Å². The van der Waals surface area contributed by atoms with Gasteiger partial charge in [-0.15, -0.1) is 0 Å². The van der Waals surface area contributed by atoms with E-state index < -0.39 is 0 Å².